The molecule has 0 saturated carbocycles. The van der Waals surface area contributed by atoms with E-state index < -0.39 is 43.6 Å². The van der Waals surface area contributed by atoms with Gasteiger partial charge >= 0.3 is 21.1 Å². The van der Waals surface area contributed by atoms with Crippen molar-refractivity contribution in [3.63, 3.8) is 0 Å². The predicted octanol–water partition coefficient (Wildman–Crippen LogP) is 5.79. The smallest absolute Gasteiger partial charge is 0.375 e. The molecule has 0 saturated heterocycles. The summed E-state index contributed by atoms with van der Waals surface area (Å²) in [7, 11) is -6.12. The van der Waals surface area contributed by atoms with Crippen LogP contribution in [0, 0.1) is 0 Å². The van der Waals surface area contributed by atoms with Crippen molar-refractivity contribution >= 4 is 27.6 Å². The van der Waals surface area contributed by atoms with Crippen LogP contribution in [0.4, 0.5) is 26.3 Å². The Kier molecular flexibility index (Phi) is 6.40. The third-order valence-corrected chi connectivity index (χ3v) is 4.75. The van der Waals surface area contributed by atoms with Gasteiger partial charge in [-0.05, 0) is 29.7 Å². The number of allylic oxidation sites excluding steroid dienone is 1. The molecule has 0 N–H and O–H groups in total. The molecule has 1 aromatic carbocycles. The monoisotopic (exact) mass is 422 g/mol. The van der Waals surface area contributed by atoms with Crippen molar-refractivity contribution in [3.8, 4) is 0 Å². The number of alkyl halides is 6. The van der Waals surface area contributed by atoms with E-state index in [0.717, 1.165) is 12.5 Å². The first kappa shape index (κ1) is 22.7. The third-order valence-electron chi connectivity index (χ3n) is 3.08. The van der Waals surface area contributed by atoms with Crippen LogP contribution in [-0.4, -0.2) is 19.4 Å². The van der Waals surface area contributed by atoms with Crippen LogP contribution in [0.15, 0.2) is 29.2 Å². The lowest BCUT2D eigenvalue weighted by Crippen LogP contribution is -2.25. The van der Waals surface area contributed by atoms with Crippen LogP contribution >= 0.6 is 11.8 Å². The molecule has 0 spiro atoms. The van der Waals surface area contributed by atoms with Crippen LogP contribution in [0.5, 0.6) is 0 Å². The second-order valence-electron chi connectivity index (χ2n) is 6.24. The summed E-state index contributed by atoms with van der Waals surface area (Å²) in [5.74, 6) is -1.02. The van der Waals surface area contributed by atoms with Gasteiger partial charge in [0.05, 0.1) is 0 Å². The maximum absolute atomic E-state index is 12.6. The summed E-state index contributed by atoms with van der Waals surface area (Å²) in [6.45, 7) is 6.40. The Hall–Kier alpha value is -1.36. The summed E-state index contributed by atoms with van der Waals surface area (Å²) in [5.41, 5.74) is -10.4. The zero-order valence-corrected chi connectivity index (χ0v) is 15.8. The van der Waals surface area contributed by atoms with E-state index >= 15 is 0 Å². The van der Waals surface area contributed by atoms with Gasteiger partial charge in [-0.2, -0.15) is 34.8 Å². The Balaban J connectivity index is 3.45. The van der Waals surface area contributed by atoms with Gasteiger partial charge in [0.1, 0.15) is 0 Å². The molecule has 0 fully saturated rings. The largest absolute Gasteiger partial charge is 0.534 e. The molecule has 11 heteroatoms. The summed E-state index contributed by atoms with van der Waals surface area (Å²) in [5, 5.41) is 0. The lowest BCUT2D eigenvalue weighted by Gasteiger charge is -2.20. The highest BCUT2D eigenvalue weighted by Gasteiger charge is 2.49. The van der Waals surface area contributed by atoms with E-state index in [1.165, 1.54) is 24.3 Å². The lowest BCUT2D eigenvalue weighted by atomic mass is 9.86. The van der Waals surface area contributed by atoms with Crippen molar-refractivity contribution < 1.29 is 38.9 Å². The number of halogens is 6. The number of hydrogen-bond donors (Lipinski definition) is 0. The number of hydrogen-bond acceptors (Lipinski definition) is 4. The van der Waals surface area contributed by atoms with E-state index in [1.807, 2.05) is 20.8 Å². The molecule has 0 aliphatic rings. The zero-order valence-electron chi connectivity index (χ0n) is 14.1. The highest BCUT2D eigenvalue weighted by molar-refractivity contribution is 8.04. The van der Waals surface area contributed by atoms with E-state index in [9.17, 15) is 34.8 Å². The molecule has 1 rings (SSSR count). The van der Waals surface area contributed by atoms with Gasteiger partial charge in [-0.25, -0.2) is 0 Å². The molecule has 0 amide bonds. The molecule has 148 valence electrons. The molecular weight excluding hydrogens is 406 g/mol. The molecule has 0 radical (unpaired) electrons. The van der Waals surface area contributed by atoms with E-state index in [1.54, 1.807) is 0 Å². The SMILES string of the molecule is C/C(SC(F)(F)F)=C(\OS(=O)(=O)C(F)(F)F)c1ccc(C(C)(C)C)cc1. The van der Waals surface area contributed by atoms with Gasteiger partial charge in [-0.3, -0.25) is 0 Å². The fraction of sp³-hybridized carbons (Fsp3) is 0.467. The summed E-state index contributed by atoms with van der Waals surface area (Å²) < 4.78 is 102. The second-order valence-corrected chi connectivity index (χ2v) is 9.06. The molecule has 0 bridgehead atoms. The van der Waals surface area contributed by atoms with E-state index in [0.29, 0.717) is 0 Å². The minimum Gasteiger partial charge on any atom is -0.375 e. The Morgan fingerprint density at radius 1 is 0.962 bits per heavy atom. The van der Waals surface area contributed by atoms with Gasteiger partial charge in [0, 0.05) is 10.5 Å². The fourth-order valence-electron chi connectivity index (χ4n) is 1.81. The average molecular weight is 422 g/mol. The van der Waals surface area contributed by atoms with Crippen LogP contribution < -0.4 is 0 Å². The van der Waals surface area contributed by atoms with Gasteiger partial charge in [0.15, 0.2) is 5.76 Å². The second kappa shape index (κ2) is 7.34. The number of rotatable bonds is 4. The van der Waals surface area contributed by atoms with Crippen LogP contribution in [0.1, 0.15) is 38.8 Å². The molecule has 0 unspecified atom stereocenters. The normalized spacial score (nSPS) is 14.8. The van der Waals surface area contributed by atoms with Crippen LogP contribution in [-0.2, 0) is 19.7 Å². The van der Waals surface area contributed by atoms with E-state index in [2.05, 4.69) is 4.18 Å². The Morgan fingerprint density at radius 2 is 1.42 bits per heavy atom. The highest BCUT2D eigenvalue weighted by atomic mass is 32.2. The van der Waals surface area contributed by atoms with Crippen molar-refractivity contribution in [2.75, 3.05) is 0 Å². The summed E-state index contributed by atoms with van der Waals surface area (Å²) in [6, 6.07) is 5.37. The van der Waals surface area contributed by atoms with Crippen LogP contribution in [0.25, 0.3) is 5.76 Å². The molecular formula is C15H16F6O3S2. The summed E-state index contributed by atoms with van der Waals surface area (Å²) in [4.78, 5) is -0.770. The molecule has 26 heavy (non-hydrogen) atoms. The van der Waals surface area contributed by atoms with Gasteiger partial charge in [-0.15, -0.1) is 0 Å². The number of thioether (sulfide) groups is 1. The van der Waals surface area contributed by atoms with E-state index in [4.69, 9.17) is 0 Å². The molecule has 0 heterocycles. The maximum atomic E-state index is 12.6. The van der Waals surface area contributed by atoms with E-state index in [-0.39, 0.29) is 11.0 Å². The van der Waals surface area contributed by atoms with Crippen LogP contribution in [0.2, 0.25) is 0 Å². The first-order valence-electron chi connectivity index (χ1n) is 7.02. The number of benzene rings is 1. The third kappa shape index (κ3) is 6.11. The fourth-order valence-corrected chi connectivity index (χ4v) is 3.00. The molecule has 1 aromatic rings. The van der Waals surface area contributed by atoms with Gasteiger partial charge in [-0.1, -0.05) is 45.0 Å². The topological polar surface area (TPSA) is 43.4 Å². The summed E-state index contributed by atoms with van der Waals surface area (Å²) in [6.07, 6.45) is 0. The molecule has 0 aliphatic heterocycles. The van der Waals surface area contributed by atoms with Crippen molar-refractivity contribution in [1.29, 1.82) is 0 Å². The van der Waals surface area contributed by atoms with Crippen LogP contribution in [0.3, 0.4) is 0 Å². The first-order valence-corrected chi connectivity index (χ1v) is 9.25. The quantitative estimate of drug-likeness (QED) is 0.267. The van der Waals surface area contributed by atoms with Gasteiger partial charge in [0.25, 0.3) is 0 Å². The minimum atomic E-state index is -6.12. The molecule has 0 aromatic heterocycles. The summed E-state index contributed by atoms with van der Waals surface area (Å²) >= 11 is -0.756. The van der Waals surface area contributed by atoms with Crippen molar-refractivity contribution in [2.24, 2.45) is 0 Å². The first-order chi connectivity index (χ1) is 11.4. The van der Waals surface area contributed by atoms with Gasteiger partial charge in [0.2, 0.25) is 0 Å². The Morgan fingerprint density at radius 3 is 1.77 bits per heavy atom. The van der Waals surface area contributed by atoms with Crippen molar-refractivity contribution in [1.82, 2.24) is 0 Å². The average Bonchev–Trinajstić information content (AvgIpc) is 2.41. The highest BCUT2D eigenvalue weighted by Crippen LogP contribution is 2.41. The maximum Gasteiger partial charge on any atom is 0.534 e. The lowest BCUT2D eigenvalue weighted by molar-refractivity contribution is -0.0509. The molecule has 0 atom stereocenters. The van der Waals surface area contributed by atoms with Crippen molar-refractivity contribution in [3.05, 3.63) is 40.3 Å². The van der Waals surface area contributed by atoms with Crippen molar-refractivity contribution in [2.45, 2.75) is 44.1 Å². The predicted molar refractivity (Wildman–Crippen MR) is 87.4 cm³/mol. The molecule has 0 aliphatic carbocycles. The molecule has 3 nitrogen and oxygen atoms in total. The zero-order chi connectivity index (χ0) is 20.6. The Bertz CT molecular complexity index is 770. The minimum absolute atomic E-state index is 0.222. The standard InChI is InChI=1S/C15H16F6O3S2/c1-9(25-14(16,17)18)12(24-26(22,23)15(19,20)21)10-5-7-11(8-6-10)13(2,3)4/h5-8H,1-4H3/b12-9+. The Labute approximate surface area is 151 Å². The van der Waals surface area contributed by atoms with Gasteiger partial charge < -0.3 is 4.18 Å².